The second-order valence-corrected chi connectivity index (χ2v) is 6.95. The Kier molecular flexibility index (Phi) is 8.19. The maximum Gasteiger partial charge on any atom is 0.430 e. The molecular weight excluding hydrogens is 447 g/mol. The third-order valence-corrected chi connectivity index (χ3v) is 4.52. The molecule has 9 nitrogen and oxygen atoms in total. The van der Waals surface area contributed by atoms with Gasteiger partial charge in [0, 0.05) is 19.1 Å². The van der Waals surface area contributed by atoms with Crippen LogP contribution in [0.2, 0.25) is 0 Å². The average Bonchev–Trinajstić information content (AvgIpc) is 3.07. The largest absolute Gasteiger partial charge is 0.542 e. The summed E-state index contributed by atoms with van der Waals surface area (Å²) in [6, 6.07) is 2.30. The maximum absolute atomic E-state index is 14.5. The van der Waals surface area contributed by atoms with Crippen molar-refractivity contribution in [2.24, 2.45) is 0 Å². The number of alkyl halides is 3. The van der Waals surface area contributed by atoms with Crippen molar-refractivity contribution in [1.29, 1.82) is 0 Å². The zero-order valence-electron chi connectivity index (χ0n) is 16.9. The maximum atomic E-state index is 14.5. The summed E-state index contributed by atoms with van der Waals surface area (Å²) in [6.45, 7) is 4.33. The van der Waals surface area contributed by atoms with E-state index in [1.807, 2.05) is 0 Å². The Bertz CT molecular complexity index is 838. The highest BCUT2D eigenvalue weighted by atomic mass is 19.4. The quantitative estimate of drug-likeness (QED) is 0.554. The molecule has 0 spiro atoms. The van der Waals surface area contributed by atoms with Crippen LogP contribution in [0.4, 0.5) is 38.1 Å². The van der Waals surface area contributed by atoms with E-state index in [1.54, 1.807) is 4.90 Å². The molecule has 1 aromatic carbocycles. The van der Waals surface area contributed by atoms with Crippen LogP contribution in [0.15, 0.2) is 12.1 Å². The molecular formula is C18H21F5N4O5. The van der Waals surface area contributed by atoms with Gasteiger partial charge in [0.2, 0.25) is 5.91 Å². The van der Waals surface area contributed by atoms with Crippen LogP contribution in [-0.4, -0.2) is 69.5 Å². The fourth-order valence-corrected chi connectivity index (χ4v) is 3.08. The van der Waals surface area contributed by atoms with Gasteiger partial charge < -0.3 is 30.2 Å². The lowest BCUT2D eigenvalue weighted by atomic mass is 10.2. The SMILES string of the molecule is CC(=O)NC[C@H]1CN(c2cc(F)c(N3CC[NH2+]CC3)c(F)c2)C(=O)O1.O=C([O-])C(F)(F)F. The van der Waals surface area contributed by atoms with Crippen LogP contribution in [0.1, 0.15) is 6.92 Å². The minimum absolute atomic E-state index is 0.0563. The van der Waals surface area contributed by atoms with Gasteiger partial charge in [-0.25, -0.2) is 13.6 Å². The number of carbonyl (C=O) groups is 3. The van der Waals surface area contributed by atoms with E-state index in [0.717, 1.165) is 25.2 Å². The Morgan fingerprint density at radius 2 is 1.75 bits per heavy atom. The lowest BCUT2D eigenvalue weighted by Crippen LogP contribution is -2.89. The van der Waals surface area contributed by atoms with Crippen LogP contribution < -0.4 is 25.5 Å². The zero-order valence-corrected chi connectivity index (χ0v) is 16.9. The molecule has 3 rings (SSSR count). The number of hydrogen-bond acceptors (Lipinski definition) is 6. The third kappa shape index (κ3) is 6.67. The van der Waals surface area contributed by atoms with E-state index in [1.165, 1.54) is 11.8 Å². The van der Waals surface area contributed by atoms with Gasteiger partial charge in [-0.05, 0) is 0 Å². The van der Waals surface area contributed by atoms with Crippen LogP contribution >= 0.6 is 0 Å². The summed E-state index contributed by atoms with van der Waals surface area (Å²) in [5, 5.41) is 13.4. The molecule has 1 atom stereocenters. The molecule has 14 heteroatoms. The highest BCUT2D eigenvalue weighted by molar-refractivity contribution is 5.90. The standard InChI is InChI=1S/C16H20F2N4O3.C2HF3O2/c1-10(23)20-8-12-9-22(16(24)25-12)11-6-13(17)15(14(18)7-11)21-4-2-19-3-5-21;3-2(4,5)1(6)7/h6-7,12,19H,2-5,8-9H2,1H3,(H,20,23);(H,6,7)/t12-;/m0./s1. The molecule has 0 bridgehead atoms. The van der Waals surface area contributed by atoms with Crippen molar-refractivity contribution in [3.63, 3.8) is 0 Å². The monoisotopic (exact) mass is 468 g/mol. The number of ether oxygens (including phenoxy) is 1. The summed E-state index contributed by atoms with van der Waals surface area (Å²) in [4.78, 5) is 34.5. The Balaban J connectivity index is 0.000000451. The number of rotatable bonds is 4. The van der Waals surface area contributed by atoms with Crippen molar-refractivity contribution < 1.29 is 51.5 Å². The van der Waals surface area contributed by atoms with Gasteiger partial charge in [0.25, 0.3) is 0 Å². The van der Waals surface area contributed by atoms with Gasteiger partial charge in [-0.1, -0.05) is 0 Å². The van der Waals surface area contributed by atoms with Gasteiger partial charge in [0.15, 0.2) is 11.6 Å². The van der Waals surface area contributed by atoms with Gasteiger partial charge in [0.05, 0.1) is 45.0 Å². The van der Waals surface area contributed by atoms with Crippen molar-refractivity contribution in [2.45, 2.75) is 19.2 Å². The molecule has 1 aromatic rings. The van der Waals surface area contributed by atoms with Gasteiger partial charge in [-0.2, -0.15) is 13.2 Å². The Morgan fingerprint density at radius 1 is 1.22 bits per heavy atom. The minimum atomic E-state index is -5.19. The molecule has 0 aliphatic carbocycles. The summed E-state index contributed by atoms with van der Waals surface area (Å²) < 4.78 is 65.7. The Morgan fingerprint density at radius 3 is 2.22 bits per heavy atom. The smallest absolute Gasteiger partial charge is 0.430 e. The first-order valence-electron chi connectivity index (χ1n) is 9.46. The molecule has 178 valence electrons. The zero-order chi connectivity index (χ0) is 24.1. The number of carboxylic acids is 1. The summed E-state index contributed by atoms with van der Waals surface area (Å²) in [5.41, 5.74) is 0.0526. The van der Waals surface area contributed by atoms with Gasteiger partial charge in [-0.15, -0.1) is 0 Å². The topological polar surface area (TPSA) is 119 Å². The number of amides is 2. The number of nitrogens with two attached hydrogens (primary N) is 1. The van der Waals surface area contributed by atoms with E-state index in [2.05, 4.69) is 10.6 Å². The highest BCUT2D eigenvalue weighted by Gasteiger charge is 2.34. The molecule has 2 aliphatic heterocycles. The Hall–Kier alpha value is -3.16. The lowest BCUT2D eigenvalue weighted by molar-refractivity contribution is -0.655. The van der Waals surface area contributed by atoms with Crippen LogP contribution in [0.3, 0.4) is 0 Å². The summed E-state index contributed by atoms with van der Waals surface area (Å²) in [5.74, 6) is -4.65. The van der Waals surface area contributed by atoms with Crippen LogP contribution in [0.5, 0.6) is 0 Å². The first kappa shape index (κ1) is 25.1. The lowest BCUT2D eigenvalue weighted by Gasteiger charge is -2.28. The number of cyclic esters (lactones) is 1. The number of aliphatic carboxylic acids is 1. The van der Waals surface area contributed by atoms with E-state index in [4.69, 9.17) is 14.6 Å². The number of carboxylic acid groups (broad SMARTS) is 1. The van der Waals surface area contributed by atoms with Crippen LogP contribution in [0, 0.1) is 11.6 Å². The summed E-state index contributed by atoms with van der Waals surface area (Å²) in [6.07, 6.45) is -6.44. The van der Waals surface area contributed by atoms with Crippen molar-refractivity contribution in [3.05, 3.63) is 23.8 Å². The molecule has 32 heavy (non-hydrogen) atoms. The number of hydrogen-bond donors (Lipinski definition) is 2. The highest BCUT2D eigenvalue weighted by Crippen LogP contribution is 2.31. The number of carbonyl (C=O) groups excluding carboxylic acids is 3. The number of halogens is 5. The van der Waals surface area contributed by atoms with Crippen LogP contribution in [0.25, 0.3) is 0 Å². The predicted octanol–water partition coefficient (Wildman–Crippen LogP) is -0.892. The second kappa shape index (κ2) is 10.4. The number of quaternary nitrogens is 1. The molecule has 0 saturated carbocycles. The summed E-state index contributed by atoms with van der Waals surface area (Å²) >= 11 is 0. The third-order valence-electron chi connectivity index (χ3n) is 4.52. The van der Waals surface area contributed by atoms with Gasteiger partial charge >= 0.3 is 12.3 Å². The molecule has 2 amide bonds. The molecule has 2 heterocycles. The molecule has 2 fully saturated rings. The molecule has 2 saturated heterocycles. The fraction of sp³-hybridized carbons (Fsp3) is 0.500. The minimum Gasteiger partial charge on any atom is -0.542 e. The fourth-order valence-electron chi connectivity index (χ4n) is 3.08. The summed E-state index contributed by atoms with van der Waals surface area (Å²) in [7, 11) is 0. The molecule has 0 unspecified atom stereocenters. The number of anilines is 2. The van der Waals surface area contributed by atoms with Crippen molar-refractivity contribution in [1.82, 2.24) is 5.32 Å². The normalized spacial score (nSPS) is 18.6. The van der Waals surface area contributed by atoms with Crippen molar-refractivity contribution in [2.75, 3.05) is 49.1 Å². The van der Waals surface area contributed by atoms with Crippen molar-refractivity contribution in [3.8, 4) is 0 Å². The number of nitrogens with one attached hydrogen (secondary N) is 1. The van der Waals surface area contributed by atoms with E-state index in [9.17, 15) is 31.5 Å². The predicted molar refractivity (Wildman–Crippen MR) is 97.6 cm³/mol. The molecule has 2 aliphatic rings. The molecule has 3 N–H and O–H groups in total. The first-order valence-corrected chi connectivity index (χ1v) is 9.46. The molecule has 0 radical (unpaired) electrons. The first-order chi connectivity index (χ1) is 14.9. The average molecular weight is 468 g/mol. The van der Waals surface area contributed by atoms with Gasteiger partial charge in [0.1, 0.15) is 17.8 Å². The van der Waals surface area contributed by atoms with Crippen LogP contribution in [-0.2, 0) is 14.3 Å². The van der Waals surface area contributed by atoms with E-state index in [0.29, 0.717) is 13.1 Å². The Labute approximate surface area is 179 Å². The second-order valence-electron chi connectivity index (χ2n) is 6.95. The van der Waals surface area contributed by atoms with Crippen molar-refractivity contribution >= 4 is 29.3 Å². The number of piperazine rings is 1. The van der Waals surface area contributed by atoms with E-state index < -0.39 is 36.0 Å². The molecule has 0 aromatic heterocycles. The number of benzene rings is 1. The number of nitrogens with zero attached hydrogens (tertiary/aromatic N) is 2. The van der Waals surface area contributed by atoms with E-state index in [-0.39, 0.29) is 30.4 Å². The van der Waals surface area contributed by atoms with Gasteiger partial charge in [-0.3, -0.25) is 9.69 Å². The van der Waals surface area contributed by atoms with E-state index >= 15 is 0 Å².